The first kappa shape index (κ1) is 13.8. The van der Waals surface area contributed by atoms with Crippen molar-refractivity contribution < 1.29 is 4.79 Å². The fraction of sp³-hybridized carbons (Fsp3) is 0.611. The Morgan fingerprint density at radius 2 is 1.95 bits per heavy atom. The molecule has 0 bridgehead atoms. The van der Waals surface area contributed by atoms with E-state index in [1.807, 2.05) is 12.1 Å². The molecule has 2 aliphatic rings. The van der Waals surface area contributed by atoms with Crippen LogP contribution in [0.25, 0.3) is 0 Å². The number of ketones is 1. The summed E-state index contributed by atoms with van der Waals surface area (Å²) >= 11 is 0. The molecule has 0 radical (unpaired) electrons. The third kappa shape index (κ3) is 2.42. The second-order valence-corrected chi connectivity index (χ2v) is 6.90. The van der Waals surface area contributed by atoms with Crippen LogP contribution >= 0.6 is 0 Å². The van der Waals surface area contributed by atoms with Crippen LogP contribution in [0.15, 0.2) is 24.3 Å². The fourth-order valence-electron chi connectivity index (χ4n) is 3.85. The van der Waals surface area contributed by atoms with Crippen molar-refractivity contribution in [1.29, 1.82) is 0 Å². The highest BCUT2D eigenvalue weighted by Crippen LogP contribution is 2.40. The van der Waals surface area contributed by atoms with Crippen molar-refractivity contribution in [3.63, 3.8) is 0 Å². The van der Waals surface area contributed by atoms with Gasteiger partial charge in [0, 0.05) is 5.56 Å². The van der Waals surface area contributed by atoms with Crippen LogP contribution in [0, 0.1) is 5.92 Å². The number of carbonyl (C=O) groups is 1. The summed E-state index contributed by atoms with van der Waals surface area (Å²) in [5, 5.41) is 0. The van der Waals surface area contributed by atoms with E-state index in [1.54, 1.807) is 0 Å². The maximum atomic E-state index is 13.0. The van der Waals surface area contributed by atoms with Crippen molar-refractivity contribution in [2.24, 2.45) is 11.7 Å². The summed E-state index contributed by atoms with van der Waals surface area (Å²) in [7, 11) is 0. The molecule has 2 saturated carbocycles. The maximum absolute atomic E-state index is 13.0. The van der Waals surface area contributed by atoms with Crippen molar-refractivity contribution in [3.05, 3.63) is 35.4 Å². The number of benzene rings is 1. The Morgan fingerprint density at radius 1 is 1.20 bits per heavy atom. The molecule has 20 heavy (non-hydrogen) atoms. The van der Waals surface area contributed by atoms with E-state index in [2.05, 4.69) is 19.1 Å². The zero-order chi connectivity index (χ0) is 14.2. The van der Waals surface area contributed by atoms with Crippen molar-refractivity contribution in [2.45, 2.75) is 63.3 Å². The molecule has 2 N–H and O–H groups in total. The second-order valence-electron chi connectivity index (χ2n) is 6.90. The van der Waals surface area contributed by atoms with Gasteiger partial charge in [-0.2, -0.15) is 0 Å². The molecule has 2 nitrogen and oxygen atoms in total. The Balaban J connectivity index is 1.90. The molecule has 2 fully saturated rings. The summed E-state index contributed by atoms with van der Waals surface area (Å²) in [5.74, 6) is 1.33. The van der Waals surface area contributed by atoms with Crippen LogP contribution in [0.2, 0.25) is 0 Å². The molecule has 2 unspecified atom stereocenters. The number of carbonyl (C=O) groups excluding carboxylic acids is 1. The minimum Gasteiger partial charge on any atom is -0.319 e. The van der Waals surface area contributed by atoms with Gasteiger partial charge in [-0.05, 0) is 43.1 Å². The molecule has 0 aliphatic heterocycles. The lowest BCUT2D eigenvalue weighted by Gasteiger charge is -2.37. The van der Waals surface area contributed by atoms with Crippen LogP contribution in [-0.4, -0.2) is 11.3 Å². The summed E-state index contributed by atoms with van der Waals surface area (Å²) in [6.45, 7) is 2.21. The van der Waals surface area contributed by atoms with Gasteiger partial charge >= 0.3 is 0 Å². The number of nitrogens with two attached hydrogens (primary N) is 1. The van der Waals surface area contributed by atoms with E-state index < -0.39 is 5.54 Å². The Labute approximate surface area is 121 Å². The molecule has 2 atom stereocenters. The van der Waals surface area contributed by atoms with E-state index in [0.29, 0.717) is 11.8 Å². The highest BCUT2D eigenvalue weighted by molar-refractivity contribution is 6.04. The summed E-state index contributed by atoms with van der Waals surface area (Å²) in [5.41, 5.74) is 8.02. The molecular weight excluding hydrogens is 246 g/mol. The molecule has 3 rings (SSSR count). The van der Waals surface area contributed by atoms with Gasteiger partial charge in [0.05, 0.1) is 5.54 Å². The van der Waals surface area contributed by atoms with Crippen LogP contribution < -0.4 is 5.73 Å². The largest absolute Gasteiger partial charge is 0.319 e. The van der Waals surface area contributed by atoms with E-state index in [4.69, 9.17) is 5.73 Å². The molecule has 2 aliphatic carbocycles. The van der Waals surface area contributed by atoms with Gasteiger partial charge in [-0.15, -0.1) is 0 Å². The minimum atomic E-state index is -0.627. The minimum absolute atomic E-state index is 0.187. The van der Waals surface area contributed by atoms with E-state index in [-0.39, 0.29) is 5.78 Å². The molecule has 0 amide bonds. The molecule has 0 aromatic heterocycles. The van der Waals surface area contributed by atoms with Gasteiger partial charge in [0.25, 0.3) is 0 Å². The Morgan fingerprint density at radius 3 is 2.60 bits per heavy atom. The van der Waals surface area contributed by atoms with Crippen LogP contribution in [0.3, 0.4) is 0 Å². The lowest BCUT2D eigenvalue weighted by Crippen LogP contribution is -2.51. The summed E-state index contributed by atoms with van der Waals surface area (Å²) in [6, 6.07) is 8.15. The zero-order valence-electron chi connectivity index (χ0n) is 12.4. The van der Waals surface area contributed by atoms with Crippen LogP contribution in [-0.2, 0) is 0 Å². The molecule has 0 spiro atoms. The van der Waals surface area contributed by atoms with Crippen LogP contribution in [0.5, 0.6) is 0 Å². The first-order valence-corrected chi connectivity index (χ1v) is 8.03. The van der Waals surface area contributed by atoms with Gasteiger partial charge < -0.3 is 5.73 Å². The quantitative estimate of drug-likeness (QED) is 0.843. The topological polar surface area (TPSA) is 43.1 Å². The van der Waals surface area contributed by atoms with Crippen molar-refractivity contribution in [1.82, 2.24) is 0 Å². The van der Waals surface area contributed by atoms with Gasteiger partial charge in [0.2, 0.25) is 0 Å². The zero-order valence-corrected chi connectivity index (χ0v) is 12.4. The molecule has 1 aromatic rings. The normalized spacial score (nSPS) is 30.8. The lowest BCUT2D eigenvalue weighted by atomic mass is 9.70. The summed E-state index contributed by atoms with van der Waals surface area (Å²) in [4.78, 5) is 13.0. The molecule has 0 heterocycles. The van der Waals surface area contributed by atoms with Gasteiger partial charge in [-0.3, -0.25) is 4.79 Å². The second kappa shape index (κ2) is 5.33. The van der Waals surface area contributed by atoms with Crippen molar-refractivity contribution >= 4 is 5.78 Å². The molecule has 2 heteroatoms. The average molecular weight is 271 g/mol. The molecular formula is C18H25NO. The van der Waals surface area contributed by atoms with E-state index in [0.717, 1.165) is 24.8 Å². The molecule has 0 saturated heterocycles. The third-order valence-corrected chi connectivity index (χ3v) is 5.24. The Hall–Kier alpha value is -1.15. The van der Waals surface area contributed by atoms with E-state index in [9.17, 15) is 4.79 Å². The smallest absolute Gasteiger partial charge is 0.182 e. The first-order chi connectivity index (χ1) is 9.60. The van der Waals surface area contributed by atoms with E-state index in [1.165, 1.54) is 31.2 Å². The summed E-state index contributed by atoms with van der Waals surface area (Å²) < 4.78 is 0. The van der Waals surface area contributed by atoms with E-state index >= 15 is 0 Å². The SMILES string of the molecule is CC1CCCC(N)(C(=O)c2ccccc2C2CCC2)C1. The number of rotatable bonds is 3. The van der Waals surface area contributed by atoms with Gasteiger partial charge in [-0.25, -0.2) is 0 Å². The highest BCUT2D eigenvalue weighted by Gasteiger charge is 2.39. The van der Waals surface area contributed by atoms with Crippen molar-refractivity contribution in [2.75, 3.05) is 0 Å². The van der Waals surface area contributed by atoms with Gasteiger partial charge in [0.1, 0.15) is 0 Å². The van der Waals surface area contributed by atoms with Gasteiger partial charge in [-0.1, -0.05) is 50.5 Å². The summed E-state index contributed by atoms with van der Waals surface area (Å²) in [6.07, 6.45) is 7.69. The van der Waals surface area contributed by atoms with Crippen LogP contribution in [0.1, 0.15) is 73.7 Å². The van der Waals surface area contributed by atoms with Crippen LogP contribution in [0.4, 0.5) is 0 Å². The fourth-order valence-corrected chi connectivity index (χ4v) is 3.85. The predicted molar refractivity (Wildman–Crippen MR) is 81.9 cm³/mol. The lowest BCUT2D eigenvalue weighted by molar-refractivity contribution is 0.0817. The first-order valence-electron chi connectivity index (χ1n) is 8.03. The van der Waals surface area contributed by atoms with Gasteiger partial charge in [0.15, 0.2) is 5.78 Å². The molecule has 108 valence electrons. The number of Topliss-reactive ketones (excluding diaryl/α,β-unsaturated/α-hetero) is 1. The third-order valence-electron chi connectivity index (χ3n) is 5.24. The highest BCUT2D eigenvalue weighted by atomic mass is 16.1. The maximum Gasteiger partial charge on any atom is 0.182 e. The number of hydrogen-bond donors (Lipinski definition) is 1. The van der Waals surface area contributed by atoms with Crippen molar-refractivity contribution in [3.8, 4) is 0 Å². The Kier molecular flexibility index (Phi) is 3.68. The Bertz CT molecular complexity index is 506. The number of hydrogen-bond acceptors (Lipinski definition) is 2. The predicted octanol–water partition coefficient (Wildman–Crippen LogP) is 4.04. The monoisotopic (exact) mass is 271 g/mol. The molecule has 1 aromatic carbocycles. The standard InChI is InChI=1S/C18H25NO/c1-13-6-5-11-18(19,12-13)17(20)16-10-3-2-9-15(16)14-7-4-8-14/h2-3,9-10,13-14H,4-8,11-12,19H2,1H3. The average Bonchev–Trinajstić information content (AvgIpc) is 2.36.